The minimum atomic E-state index is 0.282. The summed E-state index contributed by atoms with van der Waals surface area (Å²) in [7, 11) is 1.69. The molecule has 0 amide bonds. The standard InChI is InChI=1S/C17H20ClNO/c1-3-19-17(14-7-9-15(18)10-8-14)12-13-5-4-6-16(11-13)20-2/h4-11,17,19H,3,12H2,1-2H3. The van der Waals surface area contributed by atoms with E-state index in [9.17, 15) is 0 Å². The second kappa shape index (κ2) is 7.32. The third-order valence-corrected chi connectivity index (χ3v) is 3.55. The van der Waals surface area contributed by atoms with Crippen LogP contribution >= 0.6 is 11.6 Å². The fraction of sp³-hybridized carbons (Fsp3) is 0.294. The monoisotopic (exact) mass is 289 g/mol. The summed E-state index contributed by atoms with van der Waals surface area (Å²) in [5.74, 6) is 0.897. The summed E-state index contributed by atoms with van der Waals surface area (Å²) >= 11 is 5.96. The molecular formula is C17H20ClNO. The zero-order valence-corrected chi connectivity index (χ0v) is 12.7. The molecule has 2 aromatic carbocycles. The molecule has 2 rings (SSSR count). The first-order valence-electron chi connectivity index (χ1n) is 6.84. The number of hydrogen-bond donors (Lipinski definition) is 1. The number of methoxy groups -OCH3 is 1. The molecule has 0 aliphatic carbocycles. The number of likely N-dealkylation sites (N-methyl/N-ethyl adjacent to an activating group) is 1. The smallest absolute Gasteiger partial charge is 0.119 e. The van der Waals surface area contributed by atoms with Gasteiger partial charge in [0.15, 0.2) is 0 Å². The molecule has 1 unspecified atom stereocenters. The summed E-state index contributed by atoms with van der Waals surface area (Å²) < 4.78 is 5.28. The van der Waals surface area contributed by atoms with Crippen molar-refractivity contribution in [2.24, 2.45) is 0 Å². The lowest BCUT2D eigenvalue weighted by molar-refractivity contribution is 0.414. The van der Waals surface area contributed by atoms with E-state index in [1.165, 1.54) is 11.1 Å². The van der Waals surface area contributed by atoms with Crippen LogP contribution in [0, 0.1) is 0 Å². The molecule has 2 nitrogen and oxygen atoms in total. The van der Waals surface area contributed by atoms with Gasteiger partial charge >= 0.3 is 0 Å². The van der Waals surface area contributed by atoms with Gasteiger partial charge in [-0.15, -0.1) is 0 Å². The van der Waals surface area contributed by atoms with Crippen molar-refractivity contribution in [2.75, 3.05) is 13.7 Å². The summed E-state index contributed by atoms with van der Waals surface area (Å²) in [5.41, 5.74) is 2.50. The van der Waals surface area contributed by atoms with E-state index in [0.717, 1.165) is 23.7 Å². The van der Waals surface area contributed by atoms with Crippen LogP contribution in [0.25, 0.3) is 0 Å². The molecule has 0 spiro atoms. The first-order chi connectivity index (χ1) is 9.72. The Bertz CT molecular complexity index is 539. The Balaban J connectivity index is 2.18. The van der Waals surface area contributed by atoms with Gasteiger partial charge in [0.2, 0.25) is 0 Å². The predicted octanol–water partition coefficient (Wildman–Crippen LogP) is 4.24. The van der Waals surface area contributed by atoms with E-state index >= 15 is 0 Å². The number of benzene rings is 2. The van der Waals surface area contributed by atoms with Crippen LogP contribution in [0.4, 0.5) is 0 Å². The van der Waals surface area contributed by atoms with Crippen LogP contribution in [0.2, 0.25) is 5.02 Å². The van der Waals surface area contributed by atoms with Crippen molar-refractivity contribution in [1.82, 2.24) is 5.32 Å². The molecule has 0 radical (unpaired) electrons. The summed E-state index contributed by atoms with van der Waals surface area (Å²) in [4.78, 5) is 0. The Morgan fingerprint density at radius 3 is 2.55 bits per heavy atom. The molecule has 0 aromatic heterocycles. The van der Waals surface area contributed by atoms with Gasteiger partial charge in [0.25, 0.3) is 0 Å². The van der Waals surface area contributed by atoms with Gasteiger partial charge in [-0.25, -0.2) is 0 Å². The first-order valence-corrected chi connectivity index (χ1v) is 7.22. The topological polar surface area (TPSA) is 21.3 Å². The van der Waals surface area contributed by atoms with Gasteiger partial charge in [-0.3, -0.25) is 0 Å². The summed E-state index contributed by atoms with van der Waals surface area (Å²) in [5, 5.41) is 4.29. The lowest BCUT2D eigenvalue weighted by Gasteiger charge is -2.19. The number of halogens is 1. The average Bonchev–Trinajstić information content (AvgIpc) is 2.48. The van der Waals surface area contributed by atoms with E-state index < -0.39 is 0 Å². The number of ether oxygens (including phenoxy) is 1. The van der Waals surface area contributed by atoms with Crippen LogP contribution in [-0.4, -0.2) is 13.7 Å². The van der Waals surface area contributed by atoms with Gasteiger partial charge in [0, 0.05) is 11.1 Å². The average molecular weight is 290 g/mol. The first kappa shape index (κ1) is 14.9. The van der Waals surface area contributed by atoms with Gasteiger partial charge in [0.1, 0.15) is 5.75 Å². The van der Waals surface area contributed by atoms with Crippen molar-refractivity contribution < 1.29 is 4.74 Å². The van der Waals surface area contributed by atoms with Crippen molar-refractivity contribution in [2.45, 2.75) is 19.4 Å². The van der Waals surface area contributed by atoms with Crippen molar-refractivity contribution in [3.05, 3.63) is 64.7 Å². The fourth-order valence-corrected chi connectivity index (χ4v) is 2.41. The third-order valence-electron chi connectivity index (χ3n) is 3.30. The normalized spacial score (nSPS) is 12.2. The minimum Gasteiger partial charge on any atom is -0.497 e. The van der Waals surface area contributed by atoms with E-state index in [1.807, 2.05) is 24.3 Å². The van der Waals surface area contributed by atoms with Crippen LogP contribution in [0.5, 0.6) is 5.75 Å². The van der Waals surface area contributed by atoms with Crippen molar-refractivity contribution in [1.29, 1.82) is 0 Å². The molecular weight excluding hydrogens is 270 g/mol. The highest BCUT2D eigenvalue weighted by Gasteiger charge is 2.11. The molecule has 0 aliphatic heterocycles. The molecule has 1 N–H and O–H groups in total. The summed E-state index contributed by atoms with van der Waals surface area (Å²) in [6.45, 7) is 3.05. The molecule has 0 saturated carbocycles. The molecule has 3 heteroatoms. The Hall–Kier alpha value is -1.51. The maximum atomic E-state index is 5.96. The van der Waals surface area contributed by atoms with Crippen molar-refractivity contribution >= 4 is 11.6 Å². The van der Waals surface area contributed by atoms with E-state index in [2.05, 4.69) is 36.5 Å². The second-order valence-corrected chi connectivity index (χ2v) is 5.15. The Morgan fingerprint density at radius 2 is 1.90 bits per heavy atom. The fourth-order valence-electron chi connectivity index (χ4n) is 2.28. The highest BCUT2D eigenvalue weighted by atomic mass is 35.5. The van der Waals surface area contributed by atoms with Gasteiger partial charge in [-0.1, -0.05) is 42.8 Å². The number of rotatable bonds is 6. The number of hydrogen-bond acceptors (Lipinski definition) is 2. The van der Waals surface area contributed by atoms with Crippen molar-refractivity contribution in [3.63, 3.8) is 0 Å². The lowest BCUT2D eigenvalue weighted by Crippen LogP contribution is -2.22. The molecule has 20 heavy (non-hydrogen) atoms. The Labute approximate surface area is 125 Å². The van der Waals surface area contributed by atoms with Crippen LogP contribution in [0.15, 0.2) is 48.5 Å². The molecule has 106 valence electrons. The zero-order chi connectivity index (χ0) is 14.4. The highest BCUT2D eigenvalue weighted by Crippen LogP contribution is 2.22. The molecule has 0 aliphatic rings. The van der Waals surface area contributed by atoms with Gasteiger partial charge in [0.05, 0.1) is 7.11 Å². The summed E-state index contributed by atoms with van der Waals surface area (Å²) in [6.07, 6.45) is 0.923. The maximum absolute atomic E-state index is 5.96. The molecule has 0 bridgehead atoms. The van der Waals surface area contributed by atoms with E-state index in [4.69, 9.17) is 16.3 Å². The number of nitrogens with one attached hydrogen (secondary N) is 1. The van der Waals surface area contributed by atoms with Gasteiger partial charge in [-0.05, 0) is 48.4 Å². The van der Waals surface area contributed by atoms with Crippen molar-refractivity contribution in [3.8, 4) is 5.75 Å². The Kier molecular flexibility index (Phi) is 5.45. The van der Waals surface area contributed by atoms with Crippen LogP contribution in [0.1, 0.15) is 24.1 Å². The maximum Gasteiger partial charge on any atom is 0.119 e. The minimum absolute atomic E-state index is 0.282. The second-order valence-electron chi connectivity index (χ2n) is 4.72. The van der Waals surface area contributed by atoms with Crippen LogP contribution < -0.4 is 10.1 Å². The SMILES string of the molecule is CCNC(Cc1cccc(OC)c1)c1ccc(Cl)cc1. The zero-order valence-electron chi connectivity index (χ0n) is 11.9. The largest absolute Gasteiger partial charge is 0.497 e. The molecule has 0 heterocycles. The van der Waals surface area contributed by atoms with Gasteiger partial charge < -0.3 is 10.1 Å². The summed E-state index contributed by atoms with van der Waals surface area (Å²) in [6, 6.07) is 16.5. The quantitative estimate of drug-likeness (QED) is 0.859. The van der Waals surface area contributed by atoms with Gasteiger partial charge in [-0.2, -0.15) is 0 Å². The molecule has 0 fully saturated rings. The molecule has 2 aromatic rings. The third kappa shape index (κ3) is 3.99. The van der Waals surface area contributed by atoms with E-state index in [1.54, 1.807) is 7.11 Å². The van der Waals surface area contributed by atoms with Crippen LogP contribution in [-0.2, 0) is 6.42 Å². The molecule has 1 atom stereocenters. The molecule has 0 saturated heterocycles. The predicted molar refractivity (Wildman–Crippen MR) is 84.6 cm³/mol. The lowest BCUT2D eigenvalue weighted by atomic mass is 9.98. The Morgan fingerprint density at radius 1 is 1.15 bits per heavy atom. The van der Waals surface area contributed by atoms with E-state index in [0.29, 0.717) is 0 Å². The van der Waals surface area contributed by atoms with Crippen LogP contribution in [0.3, 0.4) is 0 Å². The van der Waals surface area contributed by atoms with E-state index in [-0.39, 0.29) is 6.04 Å². The highest BCUT2D eigenvalue weighted by molar-refractivity contribution is 6.30.